The normalized spacial score (nSPS) is 10.3. The molecule has 2 N–H and O–H groups in total. The molecular weight excluding hydrogens is 290 g/mol. The molecule has 6 heteroatoms. The third kappa shape index (κ3) is 3.91. The highest BCUT2D eigenvalue weighted by Crippen LogP contribution is 2.25. The Morgan fingerprint density at radius 3 is 2.52 bits per heavy atom. The van der Waals surface area contributed by atoms with E-state index in [0.717, 1.165) is 11.1 Å². The maximum atomic E-state index is 9.23. The number of hydrogen-bond acceptors (Lipinski definition) is 4. The molecule has 0 fully saturated rings. The largest absolute Gasteiger partial charge is 0.496 e. The molecule has 2 aromatic rings. The van der Waals surface area contributed by atoms with Crippen LogP contribution < -0.4 is 14.9 Å². The molecule has 0 amide bonds. The predicted octanol–water partition coefficient (Wildman–Crippen LogP) is 1.92. The summed E-state index contributed by atoms with van der Waals surface area (Å²) in [5.41, 5.74) is 2.08. The fourth-order valence-corrected chi connectivity index (χ4v) is 2.12. The maximum absolute atomic E-state index is 9.23. The molecule has 0 aliphatic heterocycles. The van der Waals surface area contributed by atoms with E-state index in [4.69, 9.17) is 21.1 Å². The van der Waals surface area contributed by atoms with Crippen LogP contribution in [0.2, 0.25) is 5.02 Å². The van der Waals surface area contributed by atoms with E-state index in [9.17, 15) is 10.0 Å². The molecule has 0 saturated carbocycles. The van der Waals surface area contributed by atoms with Gasteiger partial charge in [0.05, 0.1) is 7.11 Å². The molecule has 0 atom stereocenters. The van der Waals surface area contributed by atoms with Crippen molar-refractivity contribution < 1.29 is 19.5 Å². The molecule has 0 saturated heterocycles. The maximum Gasteiger partial charge on any atom is 0.488 e. The van der Waals surface area contributed by atoms with Crippen LogP contribution in [-0.2, 0) is 6.61 Å². The minimum absolute atomic E-state index is 0.241. The lowest BCUT2D eigenvalue weighted by atomic mass is 9.79. The first-order valence-electron chi connectivity index (χ1n) is 6.43. The molecule has 4 nitrogen and oxygen atoms in total. The van der Waals surface area contributed by atoms with Crippen molar-refractivity contribution >= 4 is 24.2 Å². The van der Waals surface area contributed by atoms with Gasteiger partial charge < -0.3 is 19.5 Å². The topological polar surface area (TPSA) is 58.9 Å². The molecule has 0 heterocycles. The summed E-state index contributed by atoms with van der Waals surface area (Å²) in [7, 11) is 0.0287. The van der Waals surface area contributed by atoms with E-state index >= 15 is 0 Å². The lowest BCUT2D eigenvalue weighted by Gasteiger charge is -2.13. The number of benzene rings is 2. The van der Waals surface area contributed by atoms with Gasteiger partial charge in [0.1, 0.15) is 18.1 Å². The Bertz CT molecular complexity index is 631. The van der Waals surface area contributed by atoms with Gasteiger partial charge in [0.15, 0.2) is 0 Å². The molecule has 2 aromatic carbocycles. The van der Waals surface area contributed by atoms with E-state index < -0.39 is 7.12 Å². The van der Waals surface area contributed by atoms with Crippen LogP contribution in [0.3, 0.4) is 0 Å². The molecule has 0 radical (unpaired) electrons. The van der Waals surface area contributed by atoms with E-state index in [1.165, 1.54) is 0 Å². The summed E-state index contributed by atoms with van der Waals surface area (Å²) in [5.74, 6) is 1.30. The van der Waals surface area contributed by atoms with E-state index in [1.54, 1.807) is 37.4 Å². The Labute approximate surface area is 129 Å². The van der Waals surface area contributed by atoms with Gasteiger partial charge in [0, 0.05) is 10.6 Å². The molecule has 0 aliphatic carbocycles. The minimum Gasteiger partial charge on any atom is -0.496 e. The van der Waals surface area contributed by atoms with Crippen LogP contribution in [0.1, 0.15) is 11.1 Å². The molecule has 110 valence electrons. The molecule has 2 rings (SSSR count). The molecule has 0 unspecified atom stereocenters. The van der Waals surface area contributed by atoms with Crippen molar-refractivity contribution in [2.45, 2.75) is 13.5 Å². The van der Waals surface area contributed by atoms with Gasteiger partial charge in [-0.2, -0.15) is 0 Å². The first-order valence-corrected chi connectivity index (χ1v) is 6.81. The molecule has 0 aromatic heterocycles. The lowest BCUT2D eigenvalue weighted by molar-refractivity contribution is 0.295. The zero-order chi connectivity index (χ0) is 15.4. The molecule has 0 aliphatic rings. The summed E-state index contributed by atoms with van der Waals surface area (Å²) >= 11 is 5.95. The van der Waals surface area contributed by atoms with Crippen molar-refractivity contribution in [2.75, 3.05) is 7.11 Å². The SMILES string of the molecule is COc1ccc(B(O)O)cc1COc1cc(Cl)ccc1C. The Hall–Kier alpha value is -1.69. The fourth-order valence-electron chi connectivity index (χ4n) is 1.96. The van der Waals surface area contributed by atoms with Crippen molar-refractivity contribution in [3.63, 3.8) is 0 Å². The summed E-state index contributed by atoms with van der Waals surface area (Å²) in [6.45, 7) is 2.17. The number of halogens is 1. The monoisotopic (exact) mass is 306 g/mol. The Morgan fingerprint density at radius 2 is 1.86 bits per heavy atom. The van der Waals surface area contributed by atoms with Gasteiger partial charge in [-0.25, -0.2) is 0 Å². The first-order chi connectivity index (χ1) is 10.0. The Balaban J connectivity index is 2.22. The highest BCUT2D eigenvalue weighted by atomic mass is 35.5. The van der Waals surface area contributed by atoms with Crippen molar-refractivity contribution in [1.82, 2.24) is 0 Å². The number of methoxy groups -OCH3 is 1. The zero-order valence-electron chi connectivity index (χ0n) is 11.8. The minimum atomic E-state index is -1.53. The Kier molecular flexibility index (Phi) is 5.12. The fraction of sp³-hybridized carbons (Fsp3) is 0.200. The van der Waals surface area contributed by atoms with Gasteiger partial charge in [0.25, 0.3) is 0 Å². The number of aryl methyl sites for hydroxylation is 1. The summed E-state index contributed by atoms with van der Waals surface area (Å²) in [6, 6.07) is 10.3. The highest BCUT2D eigenvalue weighted by molar-refractivity contribution is 6.58. The number of ether oxygens (including phenoxy) is 2. The number of rotatable bonds is 5. The average molecular weight is 307 g/mol. The molecule has 21 heavy (non-hydrogen) atoms. The van der Waals surface area contributed by atoms with Crippen molar-refractivity contribution in [3.8, 4) is 11.5 Å². The van der Waals surface area contributed by atoms with Crippen LogP contribution in [-0.4, -0.2) is 24.3 Å². The van der Waals surface area contributed by atoms with Crippen molar-refractivity contribution in [3.05, 3.63) is 52.5 Å². The quantitative estimate of drug-likeness (QED) is 0.829. The van der Waals surface area contributed by atoms with E-state index in [1.807, 2.05) is 13.0 Å². The van der Waals surface area contributed by atoms with Gasteiger partial charge in [-0.3, -0.25) is 0 Å². The van der Waals surface area contributed by atoms with Crippen LogP contribution in [0, 0.1) is 6.92 Å². The summed E-state index contributed by atoms with van der Waals surface area (Å²) in [4.78, 5) is 0. The summed E-state index contributed by atoms with van der Waals surface area (Å²) < 4.78 is 11.0. The van der Waals surface area contributed by atoms with Crippen LogP contribution in [0.25, 0.3) is 0 Å². The van der Waals surface area contributed by atoms with Crippen molar-refractivity contribution in [1.29, 1.82) is 0 Å². The van der Waals surface area contributed by atoms with Crippen LogP contribution in [0.5, 0.6) is 11.5 Å². The molecular formula is C15H16BClO4. The Morgan fingerprint density at radius 1 is 1.10 bits per heavy atom. The van der Waals surface area contributed by atoms with E-state index in [2.05, 4.69) is 0 Å². The molecule has 0 bridgehead atoms. The standard InChI is InChI=1S/C15H16BClO4/c1-10-3-5-13(17)8-15(10)21-9-11-7-12(16(18)19)4-6-14(11)20-2/h3-8,18-19H,9H2,1-2H3. The first kappa shape index (κ1) is 15.7. The highest BCUT2D eigenvalue weighted by Gasteiger charge is 2.14. The van der Waals surface area contributed by atoms with Crippen LogP contribution >= 0.6 is 11.6 Å². The van der Waals surface area contributed by atoms with E-state index in [-0.39, 0.29) is 6.61 Å². The van der Waals surface area contributed by atoms with Crippen LogP contribution in [0.15, 0.2) is 36.4 Å². The smallest absolute Gasteiger partial charge is 0.488 e. The second-order valence-corrected chi connectivity index (χ2v) is 5.08. The number of hydrogen-bond donors (Lipinski definition) is 2. The van der Waals surface area contributed by atoms with Gasteiger partial charge in [0.2, 0.25) is 0 Å². The lowest BCUT2D eigenvalue weighted by Crippen LogP contribution is -2.30. The van der Waals surface area contributed by atoms with Crippen LogP contribution in [0.4, 0.5) is 0 Å². The van der Waals surface area contributed by atoms with E-state index in [0.29, 0.717) is 22.0 Å². The van der Waals surface area contributed by atoms with Gasteiger partial charge >= 0.3 is 7.12 Å². The third-order valence-corrected chi connectivity index (χ3v) is 3.37. The predicted molar refractivity (Wildman–Crippen MR) is 83.3 cm³/mol. The van der Waals surface area contributed by atoms with Gasteiger partial charge in [-0.1, -0.05) is 29.8 Å². The second-order valence-electron chi connectivity index (χ2n) is 4.64. The molecule has 0 spiro atoms. The second kappa shape index (κ2) is 6.85. The third-order valence-electron chi connectivity index (χ3n) is 3.14. The summed E-state index contributed by atoms with van der Waals surface area (Å²) in [6.07, 6.45) is 0. The zero-order valence-corrected chi connectivity index (χ0v) is 12.6. The average Bonchev–Trinajstić information content (AvgIpc) is 2.47. The summed E-state index contributed by atoms with van der Waals surface area (Å²) in [5, 5.41) is 19.1. The van der Waals surface area contributed by atoms with Crippen molar-refractivity contribution in [2.24, 2.45) is 0 Å². The van der Waals surface area contributed by atoms with Gasteiger partial charge in [-0.15, -0.1) is 0 Å². The van der Waals surface area contributed by atoms with Gasteiger partial charge in [-0.05, 0) is 36.1 Å².